The van der Waals surface area contributed by atoms with Crippen LogP contribution in [-0.4, -0.2) is 54.5 Å². The number of rotatable bonds is 9. The Balaban J connectivity index is 1.76. The van der Waals surface area contributed by atoms with E-state index in [-0.39, 0.29) is 36.9 Å². The molecule has 0 radical (unpaired) electrons. The molecule has 32 heavy (non-hydrogen) atoms. The average molecular weight is 462 g/mol. The number of amides is 3. The van der Waals surface area contributed by atoms with E-state index in [1.54, 1.807) is 39.3 Å². The fourth-order valence-corrected chi connectivity index (χ4v) is 4.72. The van der Waals surface area contributed by atoms with Crippen LogP contribution < -0.4 is 10.1 Å². The summed E-state index contributed by atoms with van der Waals surface area (Å²) in [6, 6.07) is 7.73. The summed E-state index contributed by atoms with van der Waals surface area (Å²) >= 11 is 1.66. The van der Waals surface area contributed by atoms with E-state index in [0.29, 0.717) is 25.6 Å². The van der Waals surface area contributed by atoms with Crippen LogP contribution in [0.25, 0.3) is 0 Å². The Bertz CT molecular complexity index is 917. The van der Waals surface area contributed by atoms with Gasteiger partial charge in [0.15, 0.2) is 11.6 Å². The maximum atomic E-state index is 14.1. The Labute approximate surface area is 193 Å². The summed E-state index contributed by atoms with van der Waals surface area (Å²) in [6.45, 7) is 7.78. The molecule has 1 aliphatic heterocycles. The average Bonchev–Trinajstić information content (AvgIpc) is 3.25. The lowest BCUT2D eigenvalue weighted by Crippen LogP contribution is -2.50. The largest absolute Gasteiger partial charge is 0.488 e. The van der Waals surface area contributed by atoms with Crippen molar-refractivity contribution in [3.8, 4) is 5.75 Å². The lowest BCUT2D eigenvalue weighted by Gasteiger charge is -2.37. The van der Waals surface area contributed by atoms with Crippen molar-refractivity contribution < 1.29 is 18.7 Å². The molecule has 3 amide bonds. The lowest BCUT2D eigenvalue weighted by atomic mass is 10.0. The topological polar surface area (TPSA) is 61.9 Å². The molecule has 0 saturated heterocycles. The second-order valence-corrected chi connectivity index (χ2v) is 9.33. The molecule has 6 nitrogen and oxygen atoms in total. The van der Waals surface area contributed by atoms with Crippen LogP contribution in [0.2, 0.25) is 0 Å². The first kappa shape index (κ1) is 24.0. The summed E-state index contributed by atoms with van der Waals surface area (Å²) in [5.41, 5.74) is 1.04. The van der Waals surface area contributed by atoms with Crippen molar-refractivity contribution in [1.29, 1.82) is 0 Å². The van der Waals surface area contributed by atoms with E-state index >= 15 is 0 Å². The monoisotopic (exact) mass is 461 g/mol. The summed E-state index contributed by atoms with van der Waals surface area (Å²) < 4.78 is 19.9. The number of thiophene rings is 1. The molecular formula is C24H32FN3O3S. The van der Waals surface area contributed by atoms with E-state index in [2.05, 4.69) is 19.2 Å². The summed E-state index contributed by atoms with van der Waals surface area (Å²) in [7, 11) is 0. The van der Waals surface area contributed by atoms with Gasteiger partial charge in [-0.1, -0.05) is 26.0 Å². The third-order valence-corrected chi connectivity index (χ3v) is 6.56. The van der Waals surface area contributed by atoms with E-state index < -0.39 is 5.82 Å². The number of nitrogens with zero attached hydrogens (tertiary/aromatic N) is 2. The van der Waals surface area contributed by atoms with Gasteiger partial charge < -0.3 is 19.9 Å². The number of hydrogen-bond acceptors (Lipinski definition) is 4. The fraction of sp³-hybridized carbons (Fsp3) is 0.500. The molecule has 8 heteroatoms. The number of carbonyl (C=O) groups excluding carboxylic acids is 2. The highest BCUT2D eigenvalue weighted by molar-refractivity contribution is 7.10. The van der Waals surface area contributed by atoms with E-state index in [0.717, 1.165) is 18.4 Å². The van der Waals surface area contributed by atoms with Crippen molar-refractivity contribution in [2.24, 2.45) is 5.92 Å². The standard InChI is InChI=1S/C24H32FN3O3S/c1-4-26-24(30)27(12-9-17(2)3)15-23(29)28-13-10-22-18(11-14-32-22)20(28)16-31-21-8-6-5-7-19(21)25/h5-8,11,14,17,20H,4,9-10,12-13,15-16H2,1-3H3,(H,26,30)/t20-/m1/s1. The predicted octanol–water partition coefficient (Wildman–Crippen LogP) is 4.47. The highest BCUT2D eigenvalue weighted by Gasteiger charge is 2.33. The quantitative estimate of drug-likeness (QED) is 0.599. The molecular weight excluding hydrogens is 429 g/mol. The molecule has 1 N–H and O–H groups in total. The molecule has 0 saturated carbocycles. The van der Waals surface area contributed by atoms with Crippen LogP contribution in [0.4, 0.5) is 9.18 Å². The van der Waals surface area contributed by atoms with Gasteiger partial charge in [0, 0.05) is 24.5 Å². The van der Waals surface area contributed by atoms with Crippen LogP contribution in [0, 0.1) is 11.7 Å². The van der Waals surface area contributed by atoms with Gasteiger partial charge in [0.05, 0.1) is 6.04 Å². The summed E-state index contributed by atoms with van der Waals surface area (Å²) in [4.78, 5) is 30.5. The molecule has 0 bridgehead atoms. The van der Waals surface area contributed by atoms with Gasteiger partial charge >= 0.3 is 6.03 Å². The van der Waals surface area contributed by atoms with E-state index in [1.165, 1.54) is 10.9 Å². The number of nitrogens with one attached hydrogen (secondary N) is 1. The molecule has 0 aliphatic carbocycles. The lowest BCUT2D eigenvalue weighted by molar-refractivity contribution is -0.135. The SMILES string of the molecule is CCNC(=O)N(CCC(C)C)CC(=O)N1CCc2sccc2[C@H]1COc1ccccc1F. The minimum absolute atomic E-state index is 0.00816. The van der Waals surface area contributed by atoms with Gasteiger partial charge in [-0.2, -0.15) is 0 Å². The zero-order chi connectivity index (χ0) is 23.1. The smallest absolute Gasteiger partial charge is 0.317 e. The first-order chi connectivity index (χ1) is 15.4. The van der Waals surface area contributed by atoms with Gasteiger partial charge in [-0.3, -0.25) is 4.79 Å². The van der Waals surface area contributed by atoms with E-state index in [1.807, 2.05) is 18.4 Å². The molecule has 0 fully saturated rings. The van der Waals surface area contributed by atoms with Crippen molar-refractivity contribution in [1.82, 2.24) is 15.1 Å². The van der Waals surface area contributed by atoms with E-state index in [9.17, 15) is 14.0 Å². The van der Waals surface area contributed by atoms with Crippen molar-refractivity contribution in [2.45, 2.75) is 39.7 Å². The number of para-hydroxylation sites is 1. The first-order valence-electron chi connectivity index (χ1n) is 11.2. The second kappa shape index (κ2) is 11.3. The highest BCUT2D eigenvalue weighted by atomic mass is 32.1. The van der Waals surface area contributed by atoms with Crippen molar-refractivity contribution in [3.05, 3.63) is 52.0 Å². The second-order valence-electron chi connectivity index (χ2n) is 8.33. The molecule has 2 aromatic rings. The molecule has 0 spiro atoms. The molecule has 3 rings (SSSR count). The zero-order valence-electron chi connectivity index (χ0n) is 19.0. The highest BCUT2D eigenvalue weighted by Crippen LogP contribution is 2.34. The third kappa shape index (κ3) is 6.00. The van der Waals surface area contributed by atoms with Gasteiger partial charge in [-0.05, 0) is 54.8 Å². The molecule has 2 heterocycles. The maximum Gasteiger partial charge on any atom is 0.317 e. The molecule has 1 atom stereocenters. The van der Waals surface area contributed by atoms with Gasteiger partial charge in [0.25, 0.3) is 0 Å². The number of fused-ring (bicyclic) bond motifs is 1. The van der Waals surface area contributed by atoms with Crippen LogP contribution in [0.3, 0.4) is 0 Å². The number of benzene rings is 1. The summed E-state index contributed by atoms with van der Waals surface area (Å²) in [5.74, 6) is 0.0391. The van der Waals surface area contributed by atoms with Crippen LogP contribution in [0.5, 0.6) is 5.75 Å². The van der Waals surface area contributed by atoms with Crippen LogP contribution in [-0.2, 0) is 11.2 Å². The normalized spacial score (nSPS) is 15.4. The van der Waals surface area contributed by atoms with Crippen LogP contribution in [0.15, 0.2) is 35.7 Å². The Morgan fingerprint density at radius 2 is 2.09 bits per heavy atom. The number of ether oxygens (including phenoxy) is 1. The van der Waals surface area contributed by atoms with Crippen molar-refractivity contribution >= 4 is 23.3 Å². The minimum Gasteiger partial charge on any atom is -0.488 e. The van der Waals surface area contributed by atoms with E-state index in [4.69, 9.17) is 4.74 Å². The third-order valence-electron chi connectivity index (χ3n) is 5.57. The van der Waals surface area contributed by atoms with Crippen molar-refractivity contribution in [3.63, 3.8) is 0 Å². The summed E-state index contributed by atoms with van der Waals surface area (Å²) in [6.07, 6.45) is 1.58. The fourth-order valence-electron chi connectivity index (χ4n) is 3.79. The van der Waals surface area contributed by atoms with Gasteiger partial charge in [-0.15, -0.1) is 11.3 Å². The first-order valence-corrected chi connectivity index (χ1v) is 12.0. The maximum absolute atomic E-state index is 14.1. The number of urea groups is 1. The van der Waals surface area contributed by atoms with Crippen molar-refractivity contribution in [2.75, 3.05) is 32.8 Å². The van der Waals surface area contributed by atoms with Gasteiger partial charge in [0.2, 0.25) is 5.91 Å². The Morgan fingerprint density at radius 3 is 2.81 bits per heavy atom. The number of hydrogen-bond donors (Lipinski definition) is 1. The van der Waals surface area contributed by atoms with Crippen LogP contribution >= 0.6 is 11.3 Å². The van der Waals surface area contributed by atoms with Gasteiger partial charge in [0.1, 0.15) is 13.2 Å². The van der Waals surface area contributed by atoms with Crippen LogP contribution in [0.1, 0.15) is 43.7 Å². The Hall–Kier alpha value is -2.61. The predicted molar refractivity (Wildman–Crippen MR) is 124 cm³/mol. The number of carbonyl (C=O) groups is 2. The Morgan fingerprint density at radius 1 is 1.31 bits per heavy atom. The molecule has 1 aliphatic rings. The molecule has 1 aromatic carbocycles. The zero-order valence-corrected chi connectivity index (χ0v) is 19.8. The van der Waals surface area contributed by atoms with Gasteiger partial charge in [-0.25, -0.2) is 9.18 Å². The molecule has 1 aromatic heterocycles. The summed E-state index contributed by atoms with van der Waals surface area (Å²) in [5, 5.41) is 4.82. The molecule has 0 unspecified atom stereocenters. The number of halogens is 1. The molecule has 174 valence electrons. The Kier molecular flexibility index (Phi) is 8.50. The minimum atomic E-state index is -0.428.